The highest BCUT2D eigenvalue weighted by Gasteiger charge is 2.10. The molecule has 1 unspecified atom stereocenters. The third kappa shape index (κ3) is 5.77. The lowest BCUT2D eigenvalue weighted by Gasteiger charge is -2.16. The highest BCUT2D eigenvalue weighted by molar-refractivity contribution is 5.76. The number of rotatable bonds is 6. The van der Waals surface area contributed by atoms with E-state index in [9.17, 15) is 0 Å². The molecular weight excluding hydrogens is 240 g/mol. The van der Waals surface area contributed by atoms with Crippen LogP contribution in [0.25, 0.3) is 5.57 Å². The second-order valence-corrected chi connectivity index (χ2v) is 5.23. The monoisotopic (exact) mass is 272 g/mol. The van der Waals surface area contributed by atoms with Gasteiger partial charge in [-0.2, -0.15) is 0 Å². The van der Waals surface area contributed by atoms with Crippen LogP contribution in [-0.4, -0.2) is 0 Å². The van der Waals surface area contributed by atoms with Crippen LogP contribution in [-0.2, 0) is 6.42 Å². The van der Waals surface area contributed by atoms with E-state index in [4.69, 9.17) is 0 Å². The molecule has 0 fully saturated rings. The Hall–Kier alpha value is -1.30. The normalized spacial score (nSPS) is 11.9. The summed E-state index contributed by atoms with van der Waals surface area (Å²) in [5, 5.41) is 0. The Balaban J connectivity index is 0.00000172. The summed E-state index contributed by atoms with van der Waals surface area (Å²) in [6.07, 6.45) is 7.88. The largest absolute Gasteiger partial charge is 0.0912 e. The number of benzene rings is 1. The topological polar surface area (TPSA) is 0 Å². The first-order chi connectivity index (χ1) is 9.60. The molecule has 0 N–H and O–H groups in total. The minimum absolute atomic E-state index is 0.744. The molecule has 1 rings (SSSR count). The van der Waals surface area contributed by atoms with Crippen LogP contribution in [0.5, 0.6) is 0 Å². The van der Waals surface area contributed by atoms with E-state index in [-0.39, 0.29) is 0 Å². The molecule has 0 bridgehead atoms. The number of allylic oxidation sites excluding steroid dienone is 3. The second kappa shape index (κ2) is 10.5. The van der Waals surface area contributed by atoms with Crippen LogP contribution in [0.15, 0.2) is 36.9 Å². The maximum atomic E-state index is 4.20. The van der Waals surface area contributed by atoms with E-state index in [0.29, 0.717) is 0 Å². The summed E-state index contributed by atoms with van der Waals surface area (Å²) in [4.78, 5) is 0. The minimum atomic E-state index is 0.744. The second-order valence-electron chi connectivity index (χ2n) is 5.23. The summed E-state index contributed by atoms with van der Waals surface area (Å²) < 4.78 is 0. The van der Waals surface area contributed by atoms with Crippen LogP contribution < -0.4 is 0 Å². The van der Waals surface area contributed by atoms with Crippen LogP contribution >= 0.6 is 0 Å². The molecule has 112 valence electrons. The predicted octanol–water partition coefficient (Wildman–Crippen LogP) is 6.59. The van der Waals surface area contributed by atoms with E-state index in [1.165, 1.54) is 29.5 Å². The van der Waals surface area contributed by atoms with E-state index in [2.05, 4.69) is 57.7 Å². The van der Waals surface area contributed by atoms with Crippen molar-refractivity contribution in [2.45, 2.75) is 60.8 Å². The molecule has 0 aliphatic rings. The van der Waals surface area contributed by atoms with Crippen LogP contribution in [0.4, 0.5) is 0 Å². The third-order valence-corrected chi connectivity index (χ3v) is 3.40. The van der Waals surface area contributed by atoms with Crippen molar-refractivity contribution in [3.8, 4) is 0 Å². The van der Waals surface area contributed by atoms with Gasteiger partial charge in [0.15, 0.2) is 0 Å². The molecule has 1 atom stereocenters. The van der Waals surface area contributed by atoms with Gasteiger partial charge in [0.2, 0.25) is 0 Å². The molecular formula is C20H32. The van der Waals surface area contributed by atoms with Gasteiger partial charge in [-0.25, -0.2) is 0 Å². The Labute approximate surface area is 126 Å². The molecule has 0 nitrogen and oxygen atoms in total. The Morgan fingerprint density at radius 1 is 1.30 bits per heavy atom. The first kappa shape index (κ1) is 18.7. The SMILES string of the molecule is C=C(/C=C/C)c1c(C)cccc1CC(C)CCC.CC. The smallest absolute Gasteiger partial charge is 0.0129 e. The Morgan fingerprint density at radius 2 is 1.95 bits per heavy atom. The molecule has 0 heteroatoms. The van der Waals surface area contributed by atoms with Gasteiger partial charge in [0, 0.05) is 0 Å². The molecule has 1 aromatic carbocycles. The summed E-state index contributed by atoms with van der Waals surface area (Å²) in [5.41, 5.74) is 5.26. The number of hydrogen-bond donors (Lipinski definition) is 0. The Kier molecular flexibility index (Phi) is 9.80. The fourth-order valence-corrected chi connectivity index (χ4v) is 2.61. The van der Waals surface area contributed by atoms with Gasteiger partial charge in [0.25, 0.3) is 0 Å². The van der Waals surface area contributed by atoms with Crippen LogP contribution in [0.2, 0.25) is 0 Å². The van der Waals surface area contributed by atoms with Gasteiger partial charge in [-0.05, 0) is 48.4 Å². The van der Waals surface area contributed by atoms with E-state index in [1.807, 2.05) is 20.8 Å². The highest BCUT2D eigenvalue weighted by atomic mass is 14.1. The minimum Gasteiger partial charge on any atom is -0.0912 e. The molecule has 0 spiro atoms. The summed E-state index contributed by atoms with van der Waals surface area (Å²) in [6.45, 7) is 17.0. The summed E-state index contributed by atoms with van der Waals surface area (Å²) in [7, 11) is 0. The number of aryl methyl sites for hydroxylation is 1. The molecule has 0 aromatic heterocycles. The summed E-state index contributed by atoms with van der Waals surface area (Å²) in [6, 6.07) is 6.59. The first-order valence-electron chi connectivity index (χ1n) is 8.00. The molecule has 0 aliphatic heterocycles. The zero-order valence-electron chi connectivity index (χ0n) is 14.3. The van der Waals surface area contributed by atoms with E-state index in [0.717, 1.165) is 17.9 Å². The maximum absolute atomic E-state index is 4.20. The average molecular weight is 272 g/mol. The van der Waals surface area contributed by atoms with Crippen molar-refractivity contribution >= 4 is 5.57 Å². The number of hydrogen-bond acceptors (Lipinski definition) is 0. The lowest BCUT2D eigenvalue weighted by Crippen LogP contribution is -2.03. The van der Waals surface area contributed by atoms with Gasteiger partial charge < -0.3 is 0 Å². The van der Waals surface area contributed by atoms with Crippen molar-refractivity contribution in [1.29, 1.82) is 0 Å². The van der Waals surface area contributed by atoms with Crippen molar-refractivity contribution < 1.29 is 0 Å². The molecule has 0 heterocycles. The van der Waals surface area contributed by atoms with Crippen molar-refractivity contribution in [2.75, 3.05) is 0 Å². The fraction of sp³-hybridized carbons (Fsp3) is 0.500. The van der Waals surface area contributed by atoms with Gasteiger partial charge in [0.1, 0.15) is 0 Å². The third-order valence-electron chi connectivity index (χ3n) is 3.40. The van der Waals surface area contributed by atoms with E-state index < -0.39 is 0 Å². The molecule has 20 heavy (non-hydrogen) atoms. The van der Waals surface area contributed by atoms with Crippen molar-refractivity contribution in [2.24, 2.45) is 5.92 Å². The Bertz CT molecular complexity index is 424. The van der Waals surface area contributed by atoms with Gasteiger partial charge >= 0.3 is 0 Å². The quantitative estimate of drug-likeness (QED) is 0.512. The molecule has 0 aliphatic carbocycles. The van der Waals surface area contributed by atoms with Crippen LogP contribution in [0.3, 0.4) is 0 Å². The van der Waals surface area contributed by atoms with E-state index in [1.54, 1.807) is 0 Å². The van der Waals surface area contributed by atoms with Gasteiger partial charge in [0.05, 0.1) is 0 Å². The van der Waals surface area contributed by atoms with E-state index >= 15 is 0 Å². The zero-order valence-corrected chi connectivity index (χ0v) is 14.3. The molecule has 1 aromatic rings. The summed E-state index contributed by atoms with van der Waals surface area (Å²) >= 11 is 0. The maximum Gasteiger partial charge on any atom is -0.0129 e. The molecule has 0 amide bonds. The molecule has 0 radical (unpaired) electrons. The van der Waals surface area contributed by atoms with Crippen molar-refractivity contribution in [1.82, 2.24) is 0 Å². The van der Waals surface area contributed by atoms with Crippen LogP contribution in [0, 0.1) is 12.8 Å². The van der Waals surface area contributed by atoms with Crippen LogP contribution in [0.1, 0.15) is 64.2 Å². The van der Waals surface area contributed by atoms with Crippen molar-refractivity contribution in [3.05, 3.63) is 53.6 Å². The molecule has 0 saturated heterocycles. The molecule has 0 saturated carbocycles. The zero-order chi connectivity index (χ0) is 15.5. The van der Waals surface area contributed by atoms with Gasteiger partial charge in [-0.1, -0.05) is 77.5 Å². The standard InChI is InChI=1S/C18H26.C2H6/c1-6-9-14(3)13-17-12-8-11-16(5)18(17)15(4)10-7-2;1-2/h7-8,10-12,14H,4,6,9,13H2,1-3,5H3;1-2H3/b10-7+;. The fourth-order valence-electron chi connectivity index (χ4n) is 2.61. The Morgan fingerprint density at radius 3 is 2.50 bits per heavy atom. The van der Waals surface area contributed by atoms with Gasteiger partial charge in [-0.3, -0.25) is 0 Å². The lowest BCUT2D eigenvalue weighted by atomic mass is 9.89. The first-order valence-corrected chi connectivity index (χ1v) is 8.00. The lowest BCUT2D eigenvalue weighted by molar-refractivity contribution is 0.522. The predicted molar refractivity (Wildman–Crippen MR) is 94.2 cm³/mol. The summed E-state index contributed by atoms with van der Waals surface area (Å²) in [5.74, 6) is 0.744. The van der Waals surface area contributed by atoms with Crippen molar-refractivity contribution in [3.63, 3.8) is 0 Å². The highest BCUT2D eigenvalue weighted by Crippen LogP contribution is 2.26. The van der Waals surface area contributed by atoms with Gasteiger partial charge in [-0.15, -0.1) is 0 Å². The average Bonchev–Trinajstić information content (AvgIpc) is 2.41.